The average molecular weight is 276 g/mol. The van der Waals surface area contributed by atoms with Gasteiger partial charge in [-0.2, -0.15) is 4.98 Å². The van der Waals surface area contributed by atoms with E-state index in [-0.39, 0.29) is 0 Å². The molecule has 2 aromatic heterocycles. The molecule has 0 saturated carbocycles. The third-order valence-electron chi connectivity index (χ3n) is 2.57. The number of anilines is 2. The van der Waals surface area contributed by atoms with Gasteiger partial charge < -0.3 is 20.3 Å². The Kier molecular flexibility index (Phi) is 4.45. The van der Waals surface area contributed by atoms with Gasteiger partial charge in [-0.05, 0) is 25.0 Å². The molecule has 0 atom stereocenters. The molecule has 2 rings (SSSR count). The molecule has 2 heterocycles. The van der Waals surface area contributed by atoms with Crippen LogP contribution in [0.5, 0.6) is 5.88 Å². The molecule has 0 radical (unpaired) electrons. The van der Waals surface area contributed by atoms with E-state index in [9.17, 15) is 0 Å². The molecular weight excluding hydrogens is 256 g/mol. The summed E-state index contributed by atoms with van der Waals surface area (Å²) in [5, 5.41) is 7.07. The molecule has 0 aromatic carbocycles. The van der Waals surface area contributed by atoms with E-state index in [1.54, 1.807) is 6.07 Å². The zero-order valence-corrected chi connectivity index (χ0v) is 12.0. The van der Waals surface area contributed by atoms with E-state index in [2.05, 4.69) is 29.3 Å². The molecule has 0 aliphatic carbocycles. The molecule has 20 heavy (non-hydrogen) atoms. The zero-order chi connectivity index (χ0) is 14.5. The Hall–Kier alpha value is -2.24. The van der Waals surface area contributed by atoms with Crippen LogP contribution in [-0.2, 0) is 6.54 Å². The van der Waals surface area contributed by atoms with Crippen molar-refractivity contribution >= 4 is 11.5 Å². The molecule has 0 fully saturated rings. The Morgan fingerprint density at radius 2 is 2.20 bits per heavy atom. The van der Waals surface area contributed by atoms with Crippen LogP contribution in [0.25, 0.3) is 0 Å². The molecule has 0 aliphatic heterocycles. The SMILES string of the molecule is Cc1cc(CNc2ccc(N)c(OCC(C)C)n2)no1. The number of aryl methyl sites for hydroxylation is 1. The second-order valence-electron chi connectivity index (χ2n) is 5.08. The number of ether oxygens (including phenoxy) is 1. The lowest BCUT2D eigenvalue weighted by Crippen LogP contribution is -2.09. The van der Waals surface area contributed by atoms with E-state index in [0.717, 1.165) is 11.5 Å². The lowest BCUT2D eigenvalue weighted by atomic mass is 10.2. The third-order valence-corrected chi connectivity index (χ3v) is 2.57. The van der Waals surface area contributed by atoms with Crippen LogP contribution in [0.4, 0.5) is 11.5 Å². The van der Waals surface area contributed by atoms with Gasteiger partial charge in [-0.15, -0.1) is 0 Å². The van der Waals surface area contributed by atoms with Crippen LogP contribution in [0.15, 0.2) is 22.7 Å². The highest BCUT2D eigenvalue weighted by Crippen LogP contribution is 2.21. The van der Waals surface area contributed by atoms with Crippen LogP contribution in [0.1, 0.15) is 25.3 Å². The first kappa shape index (κ1) is 14.2. The minimum atomic E-state index is 0.422. The van der Waals surface area contributed by atoms with Gasteiger partial charge in [0.25, 0.3) is 0 Å². The Morgan fingerprint density at radius 3 is 2.85 bits per heavy atom. The number of nitrogens with two attached hydrogens (primary N) is 1. The molecule has 108 valence electrons. The minimum Gasteiger partial charge on any atom is -0.476 e. The number of nitrogens with one attached hydrogen (secondary N) is 1. The molecule has 0 amide bonds. The molecule has 0 bridgehead atoms. The van der Waals surface area contributed by atoms with Crippen LogP contribution < -0.4 is 15.8 Å². The first-order chi connectivity index (χ1) is 9.54. The van der Waals surface area contributed by atoms with Crippen molar-refractivity contribution in [2.24, 2.45) is 5.92 Å². The van der Waals surface area contributed by atoms with E-state index < -0.39 is 0 Å². The summed E-state index contributed by atoms with van der Waals surface area (Å²) < 4.78 is 10.6. The van der Waals surface area contributed by atoms with Gasteiger partial charge in [0.05, 0.1) is 18.8 Å². The summed E-state index contributed by atoms with van der Waals surface area (Å²) in [7, 11) is 0. The van der Waals surface area contributed by atoms with Crippen molar-refractivity contribution in [1.29, 1.82) is 0 Å². The lowest BCUT2D eigenvalue weighted by Gasteiger charge is -2.11. The maximum Gasteiger partial charge on any atom is 0.239 e. The summed E-state index contributed by atoms with van der Waals surface area (Å²) in [6.07, 6.45) is 0. The summed E-state index contributed by atoms with van der Waals surface area (Å²) in [4.78, 5) is 4.35. The van der Waals surface area contributed by atoms with Crippen molar-refractivity contribution in [3.05, 3.63) is 29.7 Å². The third kappa shape index (κ3) is 3.88. The number of pyridine rings is 1. The Balaban J connectivity index is 1.99. The molecule has 6 heteroatoms. The quantitative estimate of drug-likeness (QED) is 0.843. The molecular formula is C14H20N4O2. The molecule has 3 N–H and O–H groups in total. The van der Waals surface area contributed by atoms with Crippen molar-refractivity contribution in [3.63, 3.8) is 0 Å². The normalized spacial score (nSPS) is 10.8. The summed E-state index contributed by atoms with van der Waals surface area (Å²) in [6, 6.07) is 5.46. The second-order valence-corrected chi connectivity index (χ2v) is 5.08. The highest BCUT2D eigenvalue weighted by molar-refractivity contribution is 5.53. The van der Waals surface area contributed by atoms with Gasteiger partial charge in [0.2, 0.25) is 5.88 Å². The number of aromatic nitrogens is 2. The topological polar surface area (TPSA) is 86.2 Å². The Labute approximate surface area is 118 Å². The van der Waals surface area contributed by atoms with Gasteiger partial charge in [0.1, 0.15) is 17.3 Å². The summed E-state index contributed by atoms with van der Waals surface area (Å²) in [5.41, 5.74) is 7.20. The van der Waals surface area contributed by atoms with Crippen LogP contribution in [0, 0.1) is 12.8 Å². The van der Waals surface area contributed by atoms with Crippen LogP contribution in [0.2, 0.25) is 0 Å². The van der Waals surface area contributed by atoms with Crippen molar-refractivity contribution in [2.75, 3.05) is 17.7 Å². The van der Waals surface area contributed by atoms with Gasteiger partial charge in [-0.1, -0.05) is 19.0 Å². The fourth-order valence-corrected chi connectivity index (χ4v) is 1.59. The Bertz CT molecular complexity index is 566. The van der Waals surface area contributed by atoms with Gasteiger partial charge in [0.15, 0.2) is 0 Å². The number of hydrogen-bond donors (Lipinski definition) is 2. The fourth-order valence-electron chi connectivity index (χ4n) is 1.59. The predicted octanol–water partition coefficient (Wildman–Crippen LogP) is 2.61. The fraction of sp³-hybridized carbons (Fsp3) is 0.429. The lowest BCUT2D eigenvalue weighted by molar-refractivity contribution is 0.263. The standard InChI is InChI=1S/C14H20N4O2/c1-9(2)8-19-14-12(15)4-5-13(17-14)16-7-11-6-10(3)20-18-11/h4-6,9H,7-8,15H2,1-3H3,(H,16,17). The number of nitrogen functional groups attached to an aromatic ring is 1. The Morgan fingerprint density at radius 1 is 1.40 bits per heavy atom. The second kappa shape index (κ2) is 6.27. The van der Waals surface area contributed by atoms with Crippen LogP contribution in [0.3, 0.4) is 0 Å². The van der Waals surface area contributed by atoms with E-state index in [1.807, 2.05) is 19.1 Å². The highest BCUT2D eigenvalue weighted by atomic mass is 16.5. The van der Waals surface area contributed by atoms with E-state index in [4.69, 9.17) is 15.0 Å². The maximum atomic E-state index is 5.84. The van der Waals surface area contributed by atoms with Crippen LogP contribution >= 0.6 is 0 Å². The predicted molar refractivity (Wildman–Crippen MR) is 77.5 cm³/mol. The van der Waals surface area contributed by atoms with E-state index in [0.29, 0.717) is 36.5 Å². The first-order valence-electron chi connectivity index (χ1n) is 6.60. The van der Waals surface area contributed by atoms with E-state index in [1.165, 1.54) is 0 Å². The monoisotopic (exact) mass is 276 g/mol. The van der Waals surface area contributed by atoms with Crippen molar-refractivity contribution in [3.8, 4) is 5.88 Å². The van der Waals surface area contributed by atoms with Gasteiger partial charge in [0, 0.05) is 6.07 Å². The molecule has 2 aromatic rings. The van der Waals surface area contributed by atoms with Crippen molar-refractivity contribution in [1.82, 2.24) is 10.1 Å². The maximum absolute atomic E-state index is 5.84. The van der Waals surface area contributed by atoms with Crippen molar-refractivity contribution in [2.45, 2.75) is 27.3 Å². The van der Waals surface area contributed by atoms with E-state index >= 15 is 0 Å². The van der Waals surface area contributed by atoms with Crippen LogP contribution in [-0.4, -0.2) is 16.7 Å². The molecule has 6 nitrogen and oxygen atoms in total. The molecule has 0 aliphatic rings. The molecule has 0 saturated heterocycles. The number of hydrogen-bond acceptors (Lipinski definition) is 6. The van der Waals surface area contributed by atoms with Gasteiger partial charge in [-0.25, -0.2) is 0 Å². The minimum absolute atomic E-state index is 0.422. The summed E-state index contributed by atoms with van der Waals surface area (Å²) >= 11 is 0. The van der Waals surface area contributed by atoms with Crippen molar-refractivity contribution < 1.29 is 9.26 Å². The smallest absolute Gasteiger partial charge is 0.239 e. The zero-order valence-electron chi connectivity index (χ0n) is 12.0. The summed E-state index contributed by atoms with van der Waals surface area (Å²) in [6.45, 7) is 7.13. The van der Waals surface area contributed by atoms with Gasteiger partial charge >= 0.3 is 0 Å². The van der Waals surface area contributed by atoms with Gasteiger partial charge in [-0.3, -0.25) is 0 Å². The highest BCUT2D eigenvalue weighted by Gasteiger charge is 2.06. The largest absolute Gasteiger partial charge is 0.476 e. The first-order valence-corrected chi connectivity index (χ1v) is 6.60. The summed E-state index contributed by atoms with van der Waals surface area (Å²) in [5.74, 6) is 2.36. The number of nitrogens with zero attached hydrogens (tertiary/aromatic N) is 2. The molecule has 0 unspecified atom stereocenters. The average Bonchev–Trinajstić information content (AvgIpc) is 2.82. The molecule has 0 spiro atoms. The number of rotatable bonds is 6.